The van der Waals surface area contributed by atoms with Gasteiger partial charge in [0.1, 0.15) is 34.6 Å². The molecule has 30 heteroatoms. The van der Waals surface area contributed by atoms with Crippen molar-refractivity contribution in [1.82, 2.24) is 94.7 Å². The van der Waals surface area contributed by atoms with Crippen LogP contribution in [0.25, 0.3) is 159 Å². The number of aryl methyl sites for hydroxylation is 5. The third kappa shape index (κ3) is 19.6. The summed E-state index contributed by atoms with van der Waals surface area (Å²) >= 11 is 3.43. The first-order valence-corrected chi connectivity index (χ1v) is 48.4. The van der Waals surface area contributed by atoms with Crippen LogP contribution in [-0.4, -0.2) is 94.7 Å². The van der Waals surface area contributed by atoms with E-state index in [0.717, 1.165) is 192 Å². The molecular formula is C114H86F4N24S2. The summed E-state index contributed by atoms with van der Waals surface area (Å²) in [6.07, 6.45) is 26.1. The number of rotatable bonds is 16. The van der Waals surface area contributed by atoms with E-state index >= 15 is 4.39 Å². The minimum Gasteiger partial charge on any atom is -0.358 e. The molecule has 24 aromatic rings. The number of benzene rings is 6. The fourth-order valence-corrected chi connectivity index (χ4v) is 19.6. The van der Waals surface area contributed by atoms with Gasteiger partial charge in [-0.05, 0) is 258 Å². The first kappa shape index (κ1) is 91.1. The zero-order valence-corrected chi connectivity index (χ0v) is 79.6. The molecule has 0 unspecified atom stereocenters. The number of anilines is 10. The van der Waals surface area contributed by atoms with Crippen molar-refractivity contribution in [2.45, 2.75) is 72.4 Å². The van der Waals surface area contributed by atoms with Crippen LogP contribution in [0.15, 0.2) is 335 Å². The molecular weight excluding hydrogens is 1850 g/mol. The standard InChI is InChI=1S/C26H22N4.C23H17FN4.2C22H17N5S.C21H13F3N6/c1-2-7-17(8-3-1)24-16-25-20(10-6-14-27-25)26(30-24)28-18-12-13-23-21(15-18)19-9-4-5-11-22(19)29-23;1-14-11-16-4-5-19(22(24)18(16)12-14)27-23-17-3-2-8-26-21(17)13-20(28-23)15-6-9-25-10-7-15;1-13-10-20-21(28-14(2)25-20)12-17(13)26-22-16-4-3-7-24-19(16)11-18(27-22)15-5-8-23-9-6-15;1-2-21-26-17-6-5-15(12-20(17)28-21)25-22-16-4-3-9-24-19(16)13-18(27-22)14-7-10-23-11-8-14;22-21(23,24)20-29-17-11-25-10-16(18(17)30-20)28-19-13-7-4-8-26-15(13)9-14(27-19)12-5-2-1-3-6-12/h1-3,6-8,10,12-16,29H,4-5,9,11H2,(H,28,30);2-10,12-13H,11H2,1H3,(H,27,28);3-12H,1-2H3,(H,26,27);3-13H,2H2,1H3,(H,25,27);1-11H,(H,27,28)(H,29,30). The van der Waals surface area contributed by atoms with Crippen LogP contribution in [0.3, 0.4) is 0 Å². The molecule has 18 aromatic heterocycles. The monoisotopic (exact) mass is 1930 g/mol. The molecule has 18 heterocycles. The van der Waals surface area contributed by atoms with E-state index in [2.05, 4.69) is 182 Å². The highest BCUT2D eigenvalue weighted by molar-refractivity contribution is 7.18. The van der Waals surface area contributed by atoms with Crippen molar-refractivity contribution in [2.75, 3.05) is 26.6 Å². The Morgan fingerprint density at radius 2 is 0.819 bits per heavy atom. The number of nitrogens with one attached hydrogen (secondary N) is 7. The second kappa shape index (κ2) is 40.1. The molecule has 0 spiro atoms. The zero-order chi connectivity index (χ0) is 97.7. The number of halogens is 4. The summed E-state index contributed by atoms with van der Waals surface area (Å²) in [7, 11) is 0. The van der Waals surface area contributed by atoms with E-state index in [-0.39, 0.29) is 16.9 Å². The molecule has 0 bridgehead atoms. The van der Waals surface area contributed by atoms with E-state index in [1.807, 2.05) is 196 Å². The number of aromatic amines is 2. The van der Waals surface area contributed by atoms with Crippen LogP contribution in [0, 0.1) is 19.7 Å². The Balaban J connectivity index is 0.000000103. The minimum absolute atomic E-state index is 0.126. The van der Waals surface area contributed by atoms with Gasteiger partial charge in [-0.15, -0.1) is 22.7 Å². The lowest BCUT2D eigenvalue weighted by Gasteiger charge is -2.13. The molecule has 2 aliphatic carbocycles. The molecule has 0 atom stereocenters. The van der Waals surface area contributed by atoms with Gasteiger partial charge in [-0.1, -0.05) is 85.3 Å². The van der Waals surface area contributed by atoms with Crippen LogP contribution in [0.2, 0.25) is 0 Å². The van der Waals surface area contributed by atoms with Crippen molar-refractivity contribution < 1.29 is 17.6 Å². The number of thiazole rings is 2. The zero-order valence-electron chi connectivity index (χ0n) is 77.9. The van der Waals surface area contributed by atoms with Crippen LogP contribution < -0.4 is 26.6 Å². The molecule has 7 N–H and O–H groups in total. The summed E-state index contributed by atoms with van der Waals surface area (Å²) in [5.74, 6) is 2.12. The lowest BCUT2D eigenvalue weighted by Crippen LogP contribution is -2.07. The number of alkyl halides is 3. The molecule has 144 heavy (non-hydrogen) atoms. The molecule has 0 saturated heterocycles. The smallest absolute Gasteiger partial charge is 0.358 e. The van der Waals surface area contributed by atoms with Gasteiger partial charge in [-0.3, -0.25) is 44.9 Å². The Hall–Kier alpha value is -18.0. The predicted molar refractivity (Wildman–Crippen MR) is 570 cm³/mol. The summed E-state index contributed by atoms with van der Waals surface area (Å²) in [6, 6.07) is 81.5. The topological polar surface area (TPSA) is 311 Å². The maximum Gasteiger partial charge on any atom is 0.449 e. The van der Waals surface area contributed by atoms with Crippen LogP contribution >= 0.6 is 22.7 Å². The molecule has 24 nitrogen and oxygen atoms in total. The van der Waals surface area contributed by atoms with Gasteiger partial charge < -0.3 is 36.6 Å². The lowest BCUT2D eigenvalue weighted by molar-refractivity contribution is -0.144. The van der Waals surface area contributed by atoms with Crippen LogP contribution in [0.1, 0.15) is 70.5 Å². The van der Waals surface area contributed by atoms with Gasteiger partial charge >= 0.3 is 6.18 Å². The van der Waals surface area contributed by atoms with Gasteiger partial charge in [0.25, 0.3) is 0 Å². The Labute approximate surface area is 829 Å². The van der Waals surface area contributed by atoms with Gasteiger partial charge in [0.15, 0.2) is 5.82 Å². The summed E-state index contributed by atoms with van der Waals surface area (Å²) in [6.45, 7) is 8.27. The maximum atomic E-state index is 15.1. The summed E-state index contributed by atoms with van der Waals surface area (Å²) in [4.78, 5) is 81.8. The summed E-state index contributed by atoms with van der Waals surface area (Å²) in [5, 5.41) is 25.0. The fourth-order valence-electron chi connectivity index (χ4n) is 17.8. The summed E-state index contributed by atoms with van der Waals surface area (Å²) < 4.78 is 56.7. The average Bonchev–Trinajstić information content (AvgIpc) is 1.04. The number of hydrogen-bond donors (Lipinski definition) is 7. The van der Waals surface area contributed by atoms with E-state index in [9.17, 15) is 13.2 Å². The normalized spacial score (nSPS) is 12.1. The average molecular weight is 1930 g/mol. The predicted octanol–water partition coefficient (Wildman–Crippen LogP) is 28.5. The van der Waals surface area contributed by atoms with Crippen molar-refractivity contribution in [3.8, 4) is 56.3 Å². The van der Waals surface area contributed by atoms with Gasteiger partial charge in [0.2, 0.25) is 5.82 Å². The molecule has 6 aromatic carbocycles. The van der Waals surface area contributed by atoms with Gasteiger partial charge in [0, 0.05) is 162 Å². The van der Waals surface area contributed by atoms with E-state index in [4.69, 9.17) is 19.9 Å². The molecule has 0 radical (unpaired) electrons. The van der Waals surface area contributed by atoms with E-state index in [0.29, 0.717) is 39.8 Å². The highest BCUT2D eigenvalue weighted by atomic mass is 32.1. The Morgan fingerprint density at radius 3 is 1.32 bits per heavy atom. The molecule has 2 aliphatic rings. The Bertz CT molecular complexity index is 8960. The number of H-pyrrole nitrogens is 2. The Morgan fingerprint density at radius 1 is 0.361 bits per heavy atom. The van der Waals surface area contributed by atoms with Crippen LogP contribution in [0.4, 0.5) is 75.1 Å². The van der Waals surface area contributed by atoms with E-state index in [1.165, 1.54) is 62.4 Å². The molecule has 0 saturated carbocycles. The van der Waals surface area contributed by atoms with Gasteiger partial charge in [-0.2, -0.15) is 13.2 Å². The number of hydrogen-bond acceptors (Lipinski definition) is 24. The van der Waals surface area contributed by atoms with Gasteiger partial charge in [-0.25, -0.2) is 44.3 Å². The largest absolute Gasteiger partial charge is 0.449 e. The second-order valence-electron chi connectivity index (χ2n) is 34.6. The molecule has 0 aliphatic heterocycles. The van der Waals surface area contributed by atoms with E-state index in [1.54, 1.807) is 96.8 Å². The number of fused-ring (bicyclic) bond motifs is 12. The first-order valence-electron chi connectivity index (χ1n) is 46.8. The van der Waals surface area contributed by atoms with E-state index < -0.39 is 12.0 Å². The van der Waals surface area contributed by atoms with Crippen molar-refractivity contribution in [1.29, 1.82) is 0 Å². The number of imidazole rings is 1. The molecule has 0 fully saturated rings. The fraction of sp³-hybridized carbons (Fsp3) is 0.0965. The maximum absolute atomic E-state index is 15.1. The first-order chi connectivity index (χ1) is 70.5. The van der Waals surface area contributed by atoms with Gasteiger partial charge in [0.05, 0.1) is 116 Å². The minimum atomic E-state index is -4.58. The highest BCUT2D eigenvalue weighted by Gasteiger charge is 2.35. The number of aromatic nitrogens is 19. The number of pyridine rings is 14. The third-order valence-electron chi connectivity index (χ3n) is 24.8. The highest BCUT2D eigenvalue weighted by Crippen LogP contribution is 2.42. The lowest BCUT2D eigenvalue weighted by atomic mass is 9.95. The number of nitrogens with zero attached hydrogens (tertiary/aromatic N) is 17. The number of allylic oxidation sites excluding steroid dienone is 1. The van der Waals surface area contributed by atoms with Crippen molar-refractivity contribution >= 4 is 183 Å². The van der Waals surface area contributed by atoms with Crippen LogP contribution in [-0.2, 0) is 31.9 Å². The van der Waals surface area contributed by atoms with Crippen molar-refractivity contribution in [3.05, 3.63) is 384 Å². The quantitative estimate of drug-likeness (QED) is 0.0442. The van der Waals surface area contributed by atoms with Crippen LogP contribution in [0.5, 0.6) is 0 Å². The van der Waals surface area contributed by atoms with Crippen molar-refractivity contribution in [2.24, 2.45) is 0 Å². The molecule has 0 amide bonds. The summed E-state index contributed by atoms with van der Waals surface area (Å²) in [5.41, 5.74) is 27.5. The SMILES string of the molecule is CC1=Cc2c(ccc(Nc3nc(-c4ccncc4)cc4ncccc34)c2F)C1.CCc1nc2ccc(Nc3nc(-c4ccncc4)cc4ncccc34)cc2s1.Cc1nc2cc(C)c(Nc3nc(-c4ccncc4)cc4ncccc34)cc2s1.FC(F)(F)c1nc2c(Nc3nc(-c4ccccc4)cc4ncccc34)cncc2[nH]1.c1ccc(-c2cc3ncccc3c(Nc3ccc4[nH]c5c(c4c3)CCCC5)n2)cc1. The third-order valence-corrected chi connectivity index (χ3v) is 26.9. The van der Waals surface area contributed by atoms with Crippen molar-refractivity contribution in [3.63, 3.8) is 0 Å². The second-order valence-corrected chi connectivity index (χ2v) is 36.9. The molecule has 702 valence electrons. The molecule has 26 rings (SSSR count). The Kier molecular flexibility index (Phi) is 25.3.